The van der Waals surface area contributed by atoms with Gasteiger partial charge in [-0.05, 0) is 44.5 Å². The highest BCUT2D eigenvalue weighted by Gasteiger charge is 2.30. The highest BCUT2D eigenvalue weighted by Crippen LogP contribution is 2.18. The topological polar surface area (TPSA) is 61.6 Å². The summed E-state index contributed by atoms with van der Waals surface area (Å²) in [5.41, 5.74) is 0.652. The molecule has 3 rings (SSSR count). The lowest BCUT2D eigenvalue weighted by atomic mass is 10.1. The lowest BCUT2D eigenvalue weighted by Crippen LogP contribution is -2.56. The number of amides is 1. The number of furan rings is 1. The van der Waals surface area contributed by atoms with E-state index in [4.69, 9.17) is 4.42 Å². The molecule has 2 aromatic rings. The third kappa shape index (κ3) is 4.89. The molecule has 6 nitrogen and oxygen atoms in total. The number of rotatable bonds is 7. The van der Waals surface area contributed by atoms with E-state index in [1.165, 1.54) is 0 Å². The summed E-state index contributed by atoms with van der Waals surface area (Å²) in [6.07, 6.45) is 5.21. The van der Waals surface area contributed by atoms with Crippen LogP contribution in [0.4, 0.5) is 5.82 Å². The fourth-order valence-electron chi connectivity index (χ4n) is 3.67. The number of anilines is 1. The van der Waals surface area contributed by atoms with Gasteiger partial charge in [0, 0.05) is 50.9 Å². The molecule has 0 bridgehead atoms. The van der Waals surface area contributed by atoms with Crippen LogP contribution in [0.25, 0.3) is 0 Å². The van der Waals surface area contributed by atoms with Crippen LogP contribution in [0.2, 0.25) is 0 Å². The minimum atomic E-state index is 0.0755. The third-order valence-electron chi connectivity index (χ3n) is 5.22. The Morgan fingerprint density at radius 3 is 2.81 bits per heavy atom. The molecule has 6 heteroatoms. The van der Waals surface area contributed by atoms with Gasteiger partial charge in [-0.2, -0.15) is 0 Å². The maximum atomic E-state index is 12.9. The summed E-state index contributed by atoms with van der Waals surface area (Å²) < 4.78 is 5.32. The van der Waals surface area contributed by atoms with Gasteiger partial charge in [-0.1, -0.05) is 6.92 Å². The molecule has 3 heterocycles. The highest BCUT2D eigenvalue weighted by atomic mass is 16.3. The van der Waals surface area contributed by atoms with Crippen molar-refractivity contribution in [3.8, 4) is 0 Å². The monoisotopic (exact) mass is 370 g/mol. The quantitative estimate of drug-likeness (QED) is 0.810. The molecule has 1 N–H and O–H groups in total. The van der Waals surface area contributed by atoms with Gasteiger partial charge in [0.1, 0.15) is 11.6 Å². The zero-order chi connectivity index (χ0) is 19.2. The Labute approximate surface area is 161 Å². The third-order valence-corrected chi connectivity index (χ3v) is 5.22. The van der Waals surface area contributed by atoms with Gasteiger partial charge in [-0.15, -0.1) is 0 Å². The van der Waals surface area contributed by atoms with Crippen LogP contribution in [-0.2, 0) is 6.42 Å². The van der Waals surface area contributed by atoms with Crippen LogP contribution >= 0.6 is 0 Å². The minimum Gasteiger partial charge on any atom is -0.469 e. The van der Waals surface area contributed by atoms with E-state index in [1.807, 2.05) is 29.2 Å². The summed E-state index contributed by atoms with van der Waals surface area (Å²) in [4.78, 5) is 21.7. The largest absolute Gasteiger partial charge is 0.469 e. The van der Waals surface area contributed by atoms with Crippen molar-refractivity contribution in [2.75, 3.05) is 31.5 Å². The van der Waals surface area contributed by atoms with E-state index in [0.29, 0.717) is 17.6 Å². The molecule has 1 aliphatic rings. The van der Waals surface area contributed by atoms with Crippen LogP contribution in [-0.4, -0.2) is 59.0 Å². The maximum absolute atomic E-state index is 12.9. The van der Waals surface area contributed by atoms with Crippen LogP contribution < -0.4 is 5.32 Å². The molecule has 0 aromatic carbocycles. The molecule has 0 saturated carbocycles. The van der Waals surface area contributed by atoms with E-state index in [0.717, 1.165) is 50.6 Å². The number of carbonyl (C=O) groups excluding carboxylic acids is 1. The molecule has 1 aliphatic heterocycles. The molecule has 2 aromatic heterocycles. The molecular formula is C21H30N4O2. The maximum Gasteiger partial charge on any atom is 0.255 e. The van der Waals surface area contributed by atoms with E-state index in [-0.39, 0.29) is 5.91 Å². The Morgan fingerprint density at radius 1 is 1.33 bits per heavy atom. The molecule has 0 spiro atoms. The summed E-state index contributed by atoms with van der Waals surface area (Å²) in [6.45, 7) is 9.88. The fourth-order valence-corrected chi connectivity index (χ4v) is 3.67. The van der Waals surface area contributed by atoms with Gasteiger partial charge in [-0.25, -0.2) is 4.98 Å². The summed E-state index contributed by atoms with van der Waals surface area (Å²) in [5.74, 6) is 1.79. The molecule has 27 heavy (non-hydrogen) atoms. The Kier molecular flexibility index (Phi) is 6.50. The average molecular weight is 370 g/mol. The van der Waals surface area contributed by atoms with Crippen LogP contribution in [0.5, 0.6) is 0 Å². The first-order chi connectivity index (χ1) is 13.1. The van der Waals surface area contributed by atoms with Gasteiger partial charge in [-0.3, -0.25) is 9.69 Å². The zero-order valence-electron chi connectivity index (χ0n) is 16.5. The van der Waals surface area contributed by atoms with Gasteiger partial charge in [0.05, 0.1) is 11.8 Å². The number of carbonyl (C=O) groups is 1. The van der Waals surface area contributed by atoms with Gasteiger partial charge >= 0.3 is 0 Å². The van der Waals surface area contributed by atoms with Crippen LogP contribution in [0.1, 0.15) is 43.3 Å². The van der Waals surface area contributed by atoms with Crippen LogP contribution in [0, 0.1) is 0 Å². The summed E-state index contributed by atoms with van der Waals surface area (Å²) in [6, 6.07) is 8.52. The Hall–Kier alpha value is -2.34. The number of nitrogens with one attached hydrogen (secondary N) is 1. The molecule has 1 saturated heterocycles. The highest BCUT2D eigenvalue weighted by molar-refractivity contribution is 5.94. The molecule has 0 aliphatic carbocycles. The Balaban J connectivity index is 1.54. The van der Waals surface area contributed by atoms with Crippen molar-refractivity contribution < 1.29 is 9.21 Å². The van der Waals surface area contributed by atoms with E-state index in [9.17, 15) is 4.79 Å². The first-order valence-electron chi connectivity index (χ1n) is 9.85. The Bertz CT molecular complexity index is 712. The number of hydrogen-bond donors (Lipinski definition) is 1. The molecule has 1 fully saturated rings. The van der Waals surface area contributed by atoms with Gasteiger partial charge in [0.2, 0.25) is 0 Å². The summed E-state index contributed by atoms with van der Waals surface area (Å²) in [7, 11) is 0. The van der Waals surface area contributed by atoms with Crippen LogP contribution in [0.3, 0.4) is 0 Å². The number of piperazine rings is 1. The van der Waals surface area contributed by atoms with E-state index in [1.54, 1.807) is 12.5 Å². The first kappa shape index (κ1) is 19.4. The molecule has 0 unspecified atom stereocenters. The lowest BCUT2D eigenvalue weighted by Gasteiger charge is -2.43. The van der Waals surface area contributed by atoms with Crippen molar-refractivity contribution in [3.63, 3.8) is 0 Å². The molecule has 0 radical (unpaired) electrons. The normalized spacial score (nSPS) is 18.1. The summed E-state index contributed by atoms with van der Waals surface area (Å²) in [5, 5.41) is 3.26. The first-order valence-corrected chi connectivity index (χ1v) is 9.85. The smallest absolute Gasteiger partial charge is 0.255 e. The van der Waals surface area contributed by atoms with E-state index < -0.39 is 0 Å². The van der Waals surface area contributed by atoms with Gasteiger partial charge in [0.15, 0.2) is 0 Å². The number of pyridine rings is 1. The van der Waals surface area contributed by atoms with Crippen molar-refractivity contribution in [2.24, 2.45) is 0 Å². The zero-order valence-corrected chi connectivity index (χ0v) is 16.5. The molecule has 1 atom stereocenters. The second-order valence-electron chi connectivity index (χ2n) is 7.33. The lowest BCUT2D eigenvalue weighted by molar-refractivity contribution is 0.0371. The fraction of sp³-hybridized carbons (Fsp3) is 0.524. The molecule has 1 amide bonds. The number of aromatic nitrogens is 1. The number of hydrogen-bond acceptors (Lipinski definition) is 5. The van der Waals surface area contributed by atoms with Crippen molar-refractivity contribution in [2.45, 2.75) is 45.7 Å². The number of nitrogens with zero attached hydrogens (tertiary/aromatic N) is 3. The van der Waals surface area contributed by atoms with Crippen molar-refractivity contribution in [3.05, 3.63) is 48.0 Å². The van der Waals surface area contributed by atoms with Gasteiger partial charge < -0.3 is 14.6 Å². The average Bonchev–Trinajstić information content (AvgIpc) is 3.21. The minimum absolute atomic E-state index is 0.0755. The van der Waals surface area contributed by atoms with Crippen molar-refractivity contribution in [1.29, 1.82) is 0 Å². The molecular weight excluding hydrogens is 340 g/mol. The second-order valence-corrected chi connectivity index (χ2v) is 7.33. The summed E-state index contributed by atoms with van der Waals surface area (Å²) >= 11 is 0. The van der Waals surface area contributed by atoms with Crippen LogP contribution in [0.15, 0.2) is 41.1 Å². The Morgan fingerprint density at radius 2 is 2.19 bits per heavy atom. The second kappa shape index (κ2) is 9.04. The molecule has 146 valence electrons. The SMILES string of the molecule is CC[C@@H]1CN(C(=O)c2ccc(NCCc3ccco3)nc2)CCN1C(C)C. The van der Waals surface area contributed by atoms with Crippen molar-refractivity contribution >= 4 is 11.7 Å². The standard InChI is InChI=1S/C21H30N4O2/c1-4-18-15-24(11-12-25(18)16(2)3)21(26)17-7-8-20(23-14-17)22-10-9-19-6-5-13-27-19/h5-8,13-14,16,18H,4,9-12,15H2,1-3H3,(H,22,23)/t18-/m1/s1. The van der Waals surface area contributed by atoms with Gasteiger partial charge in [0.25, 0.3) is 5.91 Å². The van der Waals surface area contributed by atoms with E-state index in [2.05, 4.69) is 36.0 Å². The van der Waals surface area contributed by atoms with E-state index >= 15 is 0 Å². The predicted molar refractivity (Wildman–Crippen MR) is 107 cm³/mol. The predicted octanol–water partition coefficient (Wildman–Crippen LogP) is 3.27. The van der Waals surface area contributed by atoms with Crippen molar-refractivity contribution in [1.82, 2.24) is 14.8 Å².